The Hall–Kier alpha value is -1.91. The van der Waals surface area contributed by atoms with E-state index in [1.165, 1.54) is 0 Å². The normalized spacial score (nSPS) is 18.3. The Labute approximate surface area is 124 Å². The van der Waals surface area contributed by atoms with Crippen molar-refractivity contribution < 1.29 is 9.53 Å². The first-order valence-corrected chi connectivity index (χ1v) is 7.75. The SMILES string of the molecule is CCOC(=O)C1(c2nnc3ccccn23)CCCCCC1. The van der Waals surface area contributed by atoms with E-state index in [9.17, 15) is 4.79 Å². The van der Waals surface area contributed by atoms with Crippen molar-refractivity contribution in [3.05, 3.63) is 30.2 Å². The molecule has 0 aliphatic heterocycles. The molecule has 2 heterocycles. The average molecular weight is 287 g/mol. The molecule has 112 valence electrons. The van der Waals surface area contributed by atoms with Crippen LogP contribution in [0.4, 0.5) is 0 Å². The fraction of sp³-hybridized carbons (Fsp3) is 0.562. The predicted molar refractivity (Wildman–Crippen MR) is 79.0 cm³/mol. The van der Waals surface area contributed by atoms with Crippen LogP contribution in [0.25, 0.3) is 5.65 Å². The molecule has 1 aliphatic rings. The minimum Gasteiger partial charge on any atom is -0.465 e. The number of pyridine rings is 1. The molecule has 0 saturated heterocycles. The van der Waals surface area contributed by atoms with Crippen molar-refractivity contribution in [3.63, 3.8) is 0 Å². The first kappa shape index (κ1) is 14.0. The van der Waals surface area contributed by atoms with Crippen LogP contribution >= 0.6 is 0 Å². The van der Waals surface area contributed by atoms with Crippen molar-refractivity contribution in [3.8, 4) is 0 Å². The molecule has 0 aromatic carbocycles. The number of fused-ring (bicyclic) bond motifs is 1. The van der Waals surface area contributed by atoms with Crippen molar-refractivity contribution in [2.45, 2.75) is 50.9 Å². The summed E-state index contributed by atoms with van der Waals surface area (Å²) < 4.78 is 7.33. The topological polar surface area (TPSA) is 56.5 Å². The van der Waals surface area contributed by atoms with E-state index in [0.717, 1.165) is 50.0 Å². The van der Waals surface area contributed by atoms with Gasteiger partial charge in [0.2, 0.25) is 0 Å². The van der Waals surface area contributed by atoms with Gasteiger partial charge in [0, 0.05) is 6.20 Å². The monoisotopic (exact) mass is 287 g/mol. The van der Waals surface area contributed by atoms with Gasteiger partial charge in [-0.3, -0.25) is 9.20 Å². The van der Waals surface area contributed by atoms with Gasteiger partial charge in [-0.2, -0.15) is 0 Å². The van der Waals surface area contributed by atoms with E-state index in [4.69, 9.17) is 4.74 Å². The van der Waals surface area contributed by atoms with Crippen LogP contribution in [0.2, 0.25) is 0 Å². The lowest BCUT2D eigenvalue weighted by Gasteiger charge is -2.28. The molecule has 3 rings (SSSR count). The molecule has 1 aliphatic carbocycles. The molecule has 0 radical (unpaired) electrons. The third-order valence-corrected chi connectivity index (χ3v) is 4.37. The number of esters is 1. The van der Waals surface area contributed by atoms with E-state index >= 15 is 0 Å². The molecular formula is C16H21N3O2. The average Bonchev–Trinajstić information content (AvgIpc) is 2.78. The van der Waals surface area contributed by atoms with Crippen molar-refractivity contribution in [2.75, 3.05) is 6.61 Å². The van der Waals surface area contributed by atoms with Crippen LogP contribution in [-0.2, 0) is 14.9 Å². The van der Waals surface area contributed by atoms with Gasteiger partial charge < -0.3 is 4.74 Å². The van der Waals surface area contributed by atoms with Gasteiger partial charge in [-0.25, -0.2) is 0 Å². The minimum absolute atomic E-state index is 0.148. The zero-order chi connectivity index (χ0) is 14.7. The largest absolute Gasteiger partial charge is 0.465 e. The highest BCUT2D eigenvalue weighted by Gasteiger charge is 2.45. The smallest absolute Gasteiger partial charge is 0.319 e. The molecule has 0 N–H and O–H groups in total. The lowest BCUT2D eigenvalue weighted by Crippen LogP contribution is -2.39. The maximum Gasteiger partial charge on any atom is 0.319 e. The summed E-state index contributed by atoms with van der Waals surface area (Å²) in [7, 11) is 0. The van der Waals surface area contributed by atoms with E-state index in [1.54, 1.807) is 0 Å². The van der Waals surface area contributed by atoms with Gasteiger partial charge in [-0.1, -0.05) is 31.7 Å². The number of nitrogens with zero attached hydrogens (tertiary/aromatic N) is 3. The fourth-order valence-electron chi connectivity index (χ4n) is 3.29. The summed E-state index contributed by atoms with van der Waals surface area (Å²) in [4.78, 5) is 12.7. The first-order valence-electron chi connectivity index (χ1n) is 7.75. The van der Waals surface area contributed by atoms with E-state index in [0.29, 0.717) is 6.61 Å². The number of ether oxygens (including phenoxy) is 1. The summed E-state index contributed by atoms with van der Waals surface area (Å²) in [6.45, 7) is 2.25. The summed E-state index contributed by atoms with van der Waals surface area (Å²) in [5, 5.41) is 8.57. The van der Waals surface area contributed by atoms with Crippen LogP contribution in [0.3, 0.4) is 0 Å². The Kier molecular flexibility index (Phi) is 3.90. The van der Waals surface area contributed by atoms with Crippen molar-refractivity contribution in [2.24, 2.45) is 0 Å². The van der Waals surface area contributed by atoms with Crippen molar-refractivity contribution >= 4 is 11.6 Å². The van der Waals surface area contributed by atoms with E-state index in [2.05, 4.69) is 10.2 Å². The summed E-state index contributed by atoms with van der Waals surface area (Å²) in [6.07, 6.45) is 7.90. The van der Waals surface area contributed by atoms with Gasteiger partial charge >= 0.3 is 5.97 Å². The van der Waals surface area contributed by atoms with E-state index in [1.807, 2.05) is 35.7 Å². The van der Waals surface area contributed by atoms with E-state index in [-0.39, 0.29) is 5.97 Å². The van der Waals surface area contributed by atoms with Crippen LogP contribution in [0.15, 0.2) is 24.4 Å². The zero-order valence-electron chi connectivity index (χ0n) is 12.4. The second kappa shape index (κ2) is 5.84. The maximum absolute atomic E-state index is 12.7. The van der Waals surface area contributed by atoms with Gasteiger partial charge in [-0.05, 0) is 31.9 Å². The molecule has 0 amide bonds. The second-order valence-corrected chi connectivity index (χ2v) is 5.67. The lowest BCUT2D eigenvalue weighted by molar-refractivity contribution is -0.151. The van der Waals surface area contributed by atoms with Gasteiger partial charge in [0.05, 0.1) is 6.61 Å². The van der Waals surface area contributed by atoms with Crippen LogP contribution in [0, 0.1) is 0 Å². The van der Waals surface area contributed by atoms with Crippen LogP contribution in [0.5, 0.6) is 0 Å². The molecule has 0 bridgehead atoms. The number of hydrogen-bond acceptors (Lipinski definition) is 4. The summed E-state index contributed by atoms with van der Waals surface area (Å²) in [5.74, 6) is 0.587. The summed E-state index contributed by atoms with van der Waals surface area (Å²) in [6, 6.07) is 5.78. The molecule has 5 heteroatoms. The Balaban J connectivity index is 2.11. The number of carbonyl (C=O) groups is 1. The molecule has 0 atom stereocenters. The number of rotatable bonds is 3. The Morgan fingerprint density at radius 2 is 2.00 bits per heavy atom. The van der Waals surface area contributed by atoms with E-state index < -0.39 is 5.41 Å². The molecule has 0 unspecified atom stereocenters. The quantitative estimate of drug-likeness (QED) is 0.643. The summed E-state index contributed by atoms with van der Waals surface area (Å²) >= 11 is 0. The highest BCUT2D eigenvalue weighted by Crippen LogP contribution is 2.38. The number of carbonyl (C=O) groups excluding carboxylic acids is 1. The molecule has 1 saturated carbocycles. The Morgan fingerprint density at radius 3 is 2.71 bits per heavy atom. The molecule has 5 nitrogen and oxygen atoms in total. The molecule has 2 aromatic heterocycles. The Bertz CT molecular complexity index is 627. The standard InChI is InChI=1S/C16H21N3O2/c1-2-21-15(20)16(10-6-3-4-7-11-16)14-18-17-13-9-5-8-12-19(13)14/h5,8-9,12H,2-4,6-7,10-11H2,1H3. The Morgan fingerprint density at radius 1 is 1.24 bits per heavy atom. The van der Waals surface area contributed by atoms with Gasteiger partial charge in [0.1, 0.15) is 5.41 Å². The molecule has 0 spiro atoms. The van der Waals surface area contributed by atoms with Gasteiger partial charge in [0.25, 0.3) is 0 Å². The molecule has 1 fully saturated rings. The first-order chi connectivity index (χ1) is 10.3. The van der Waals surface area contributed by atoms with Gasteiger partial charge in [-0.15, -0.1) is 10.2 Å². The highest BCUT2D eigenvalue weighted by atomic mass is 16.5. The molecule has 2 aromatic rings. The zero-order valence-corrected chi connectivity index (χ0v) is 12.4. The fourth-order valence-corrected chi connectivity index (χ4v) is 3.29. The highest BCUT2D eigenvalue weighted by molar-refractivity contribution is 5.82. The number of aromatic nitrogens is 3. The second-order valence-electron chi connectivity index (χ2n) is 5.67. The molecule has 21 heavy (non-hydrogen) atoms. The lowest BCUT2D eigenvalue weighted by atomic mass is 9.79. The third-order valence-electron chi connectivity index (χ3n) is 4.37. The van der Waals surface area contributed by atoms with Crippen LogP contribution < -0.4 is 0 Å². The minimum atomic E-state index is -0.646. The third kappa shape index (κ3) is 2.41. The van der Waals surface area contributed by atoms with Crippen molar-refractivity contribution in [1.29, 1.82) is 0 Å². The van der Waals surface area contributed by atoms with Crippen molar-refractivity contribution in [1.82, 2.24) is 14.6 Å². The molecular weight excluding hydrogens is 266 g/mol. The maximum atomic E-state index is 12.7. The number of hydrogen-bond donors (Lipinski definition) is 0. The van der Waals surface area contributed by atoms with Gasteiger partial charge in [0.15, 0.2) is 11.5 Å². The predicted octanol–water partition coefficient (Wildman–Crippen LogP) is 2.88. The van der Waals surface area contributed by atoms with Crippen LogP contribution in [-0.4, -0.2) is 27.2 Å². The van der Waals surface area contributed by atoms with Crippen LogP contribution in [0.1, 0.15) is 51.3 Å². The summed E-state index contributed by atoms with van der Waals surface area (Å²) in [5.41, 5.74) is 0.133.